The van der Waals surface area contributed by atoms with Crippen molar-refractivity contribution in [1.29, 1.82) is 0 Å². The van der Waals surface area contributed by atoms with Crippen molar-refractivity contribution in [2.75, 3.05) is 18.0 Å². The lowest BCUT2D eigenvalue weighted by molar-refractivity contribution is 0.0954. The van der Waals surface area contributed by atoms with E-state index in [1.807, 2.05) is 13.8 Å². The summed E-state index contributed by atoms with van der Waals surface area (Å²) in [7, 11) is 0. The molecule has 1 amide bonds. The Morgan fingerprint density at radius 3 is 2.44 bits per heavy atom. The molecular weight excluding hydrogens is 363 g/mol. The highest BCUT2D eigenvalue weighted by Gasteiger charge is 2.21. The van der Waals surface area contributed by atoms with Gasteiger partial charge in [0.1, 0.15) is 22.3 Å². The van der Waals surface area contributed by atoms with E-state index in [9.17, 15) is 9.18 Å². The first-order valence-electron chi connectivity index (χ1n) is 8.99. The molecule has 7 heteroatoms. The van der Waals surface area contributed by atoms with Crippen LogP contribution < -0.4 is 10.2 Å². The molecule has 0 bridgehead atoms. The number of carbonyl (C=O) groups excluding carboxylic acids is 1. The number of hydrogen-bond donors (Lipinski definition) is 1. The minimum atomic E-state index is -0.289. The summed E-state index contributed by atoms with van der Waals surface area (Å²) in [6, 6.07) is 6.11. The Balaban J connectivity index is 1.92. The van der Waals surface area contributed by atoms with Crippen LogP contribution >= 0.6 is 11.3 Å². The second kappa shape index (κ2) is 8.00. The fourth-order valence-electron chi connectivity index (χ4n) is 3.05. The predicted octanol–water partition coefficient (Wildman–Crippen LogP) is 4.22. The predicted molar refractivity (Wildman–Crippen MR) is 108 cm³/mol. The Morgan fingerprint density at radius 1 is 1.15 bits per heavy atom. The largest absolute Gasteiger partial charge is 0.357 e. The normalized spacial score (nSPS) is 11.0. The molecule has 3 rings (SSSR count). The second-order valence-electron chi connectivity index (χ2n) is 6.31. The zero-order chi connectivity index (χ0) is 19.6. The molecule has 0 aliphatic heterocycles. The van der Waals surface area contributed by atoms with E-state index in [-0.39, 0.29) is 11.7 Å². The minimum absolute atomic E-state index is 0.150. The minimum Gasteiger partial charge on any atom is -0.357 e. The van der Waals surface area contributed by atoms with E-state index in [0.717, 1.165) is 40.3 Å². The van der Waals surface area contributed by atoms with Gasteiger partial charge in [-0.05, 0) is 51.0 Å². The first-order chi connectivity index (χ1) is 12.9. The SMILES string of the molecule is CCN(CC)c1nc(C)nc2sc(C(=O)NCc3ccc(F)cc3)c(C)c12. The van der Waals surface area contributed by atoms with E-state index in [4.69, 9.17) is 0 Å². The van der Waals surface area contributed by atoms with Crippen LogP contribution in [0.15, 0.2) is 24.3 Å². The van der Waals surface area contributed by atoms with Gasteiger partial charge in [-0.25, -0.2) is 14.4 Å². The number of nitrogens with one attached hydrogen (secondary N) is 1. The van der Waals surface area contributed by atoms with Crippen LogP contribution in [0.4, 0.5) is 10.2 Å². The van der Waals surface area contributed by atoms with Crippen LogP contribution in [0.5, 0.6) is 0 Å². The Morgan fingerprint density at radius 2 is 1.81 bits per heavy atom. The summed E-state index contributed by atoms with van der Waals surface area (Å²) in [5.74, 6) is 1.14. The number of benzene rings is 1. The molecule has 2 aromatic heterocycles. The number of rotatable bonds is 6. The lowest BCUT2D eigenvalue weighted by atomic mass is 10.1. The van der Waals surface area contributed by atoms with Crippen molar-refractivity contribution < 1.29 is 9.18 Å². The van der Waals surface area contributed by atoms with Crippen LogP contribution in [-0.2, 0) is 6.54 Å². The number of amides is 1. The van der Waals surface area contributed by atoms with E-state index >= 15 is 0 Å². The van der Waals surface area contributed by atoms with Gasteiger partial charge in [-0.1, -0.05) is 12.1 Å². The molecule has 0 spiro atoms. The number of nitrogens with zero attached hydrogens (tertiary/aromatic N) is 3. The molecule has 0 radical (unpaired) electrons. The molecule has 0 saturated carbocycles. The molecule has 1 aromatic carbocycles. The van der Waals surface area contributed by atoms with Crippen molar-refractivity contribution in [3.8, 4) is 0 Å². The number of anilines is 1. The summed E-state index contributed by atoms with van der Waals surface area (Å²) in [4.78, 5) is 25.6. The molecule has 2 heterocycles. The molecule has 5 nitrogen and oxygen atoms in total. The Bertz CT molecular complexity index is 964. The zero-order valence-electron chi connectivity index (χ0n) is 16.0. The fourth-order valence-corrected chi connectivity index (χ4v) is 4.19. The van der Waals surface area contributed by atoms with Crippen LogP contribution in [0.25, 0.3) is 10.2 Å². The van der Waals surface area contributed by atoms with Crippen LogP contribution in [0.1, 0.15) is 40.5 Å². The van der Waals surface area contributed by atoms with Crippen molar-refractivity contribution in [1.82, 2.24) is 15.3 Å². The summed E-state index contributed by atoms with van der Waals surface area (Å²) in [6.45, 7) is 10.0. The maximum Gasteiger partial charge on any atom is 0.261 e. The molecule has 0 saturated heterocycles. The van der Waals surface area contributed by atoms with Gasteiger partial charge in [-0.3, -0.25) is 4.79 Å². The van der Waals surface area contributed by atoms with Crippen LogP contribution in [-0.4, -0.2) is 29.0 Å². The molecule has 1 N–H and O–H groups in total. The number of hydrogen-bond acceptors (Lipinski definition) is 5. The van der Waals surface area contributed by atoms with Crippen molar-refractivity contribution >= 4 is 33.3 Å². The topological polar surface area (TPSA) is 58.1 Å². The highest BCUT2D eigenvalue weighted by molar-refractivity contribution is 7.20. The van der Waals surface area contributed by atoms with Gasteiger partial charge in [0.25, 0.3) is 5.91 Å². The maximum absolute atomic E-state index is 13.0. The summed E-state index contributed by atoms with van der Waals surface area (Å²) < 4.78 is 13.0. The first kappa shape index (κ1) is 19.2. The van der Waals surface area contributed by atoms with E-state index in [1.165, 1.54) is 23.5 Å². The van der Waals surface area contributed by atoms with Gasteiger partial charge < -0.3 is 10.2 Å². The molecule has 142 valence electrons. The molecule has 0 fully saturated rings. The number of halogens is 1. The van der Waals surface area contributed by atoms with Gasteiger partial charge in [0.2, 0.25) is 0 Å². The second-order valence-corrected chi connectivity index (χ2v) is 7.31. The van der Waals surface area contributed by atoms with Gasteiger partial charge >= 0.3 is 0 Å². The Hall–Kier alpha value is -2.54. The quantitative estimate of drug-likeness (QED) is 0.689. The van der Waals surface area contributed by atoms with Gasteiger partial charge in [0.05, 0.1) is 10.3 Å². The molecule has 27 heavy (non-hydrogen) atoms. The monoisotopic (exact) mass is 386 g/mol. The van der Waals surface area contributed by atoms with E-state index in [1.54, 1.807) is 12.1 Å². The highest BCUT2D eigenvalue weighted by Crippen LogP contribution is 2.35. The standard InChI is InChI=1S/C20H23FN4OS/c1-5-25(6-2)18-16-12(3)17(27-20(16)24-13(4)23-18)19(26)22-11-14-7-9-15(21)10-8-14/h7-10H,5-6,11H2,1-4H3,(H,22,26). The number of thiophene rings is 1. The van der Waals surface area contributed by atoms with Crippen molar-refractivity contribution in [3.63, 3.8) is 0 Å². The number of aryl methyl sites for hydroxylation is 2. The summed E-state index contributed by atoms with van der Waals surface area (Å²) in [5, 5.41) is 3.86. The lowest BCUT2D eigenvalue weighted by Crippen LogP contribution is -2.24. The molecule has 3 aromatic rings. The number of carbonyl (C=O) groups is 1. The summed E-state index contributed by atoms with van der Waals surface area (Å²) in [5.41, 5.74) is 1.75. The van der Waals surface area contributed by atoms with Gasteiger partial charge in [0, 0.05) is 19.6 Å². The molecule has 0 unspecified atom stereocenters. The molecular formula is C20H23FN4OS. The maximum atomic E-state index is 13.0. The fraction of sp³-hybridized carbons (Fsp3) is 0.350. The Kier molecular flexibility index (Phi) is 5.70. The van der Waals surface area contributed by atoms with Gasteiger partial charge in [0.15, 0.2) is 0 Å². The van der Waals surface area contributed by atoms with E-state index < -0.39 is 0 Å². The molecule has 0 aliphatic carbocycles. The average molecular weight is 386 g/mol. The van der Waals surface area contributed by atoms with Gasteiger partial charge in [-0.2, -0.15) is 0 Å². The van der Waals surface area contributed by atoms with Crippen LogP contribution in [0, 0.1) is 19.7 Å². The smallest absolute Gasteiger partial charge is 0.261 e. The lowest BCUT2D eigenvalue weighted by Gasteiger charge is -2.21. The number of fused-ring (bicyclic) bond motifs is 1. The van der Waals surface area contributed by atoms with Gasteiger partial charge in [-0.15, -0.1) is 11.3 Å². The zero-order valence-corrected chi connectivity index (χ0v) is 16.8. The summed E-state index contributed by atoms with van der Waals surface area (Å²) >= 11 is 1.39. The van der Waals surface area contributed by atoms with Crippen molar-refractivity contribution in [2.24, 2.45) is 0 Å². The molecule has 0 atom stereocenters. The van der Waals surface area contributed by atoms with E-state index in [2.05, 4.69) is 34.0 Å². The highest BCUT2D eigenvalue weighted by atomic mass is 32.1. The first-order valence-corrected chi connectivity index (χ1v) is 9.81. The Labute approximate surface area is 162 Å². The van der Waals surface area contributed by atoms with E-state index in [0.29, 0.717) is 17.2 Å². The van der Waals surface area contributed by atoms with Crippen molar-refractivity contribution in [3.05, 3.63) is 51.9 Å². The summed E-state index contributed by atoms with van der Waals surface area (Å²) in [6.07, 6.45) is 0. The van der Waals surface area contributed by atoms with Crippen molar-refractivity contribution in [2.45, 2.75) is 34.2 Å². The van der Waals surface area contributed by atoms with Crippen LogP contribution in [0.3, 0.4) is 0 Å². The molecule has 0 aliphatic rings. The number of aromatic nitrogens is 2. The van der Waals surface area contributed by atoms with Crippen LogP contribution in [0.2, 0.25) is 0 Å². The third-order valence-corrected chi connectivity index (χ3v) is 5.70. The third-order valence-electron chi connectivity index (χ3n) is 4.52. The third kappa shape index (κ3) is 3.93. The average Bonchev–Trinajstić information content (AvgIpc) is 2.98.